The topological polar surface area (TPSA) is 74.8 Å². The number of fused-ring (bicyclic) bond motifs is 1. The first kappa shape index (κ1) is 7.31. The van der Waals surface area contributed by atoms with Crippen LogP contribution in [0.1, 0.15) is 11.7 Å². The third-order valence-corrected chi connectivity index (χ3v) is 3.69. The molecule has 2 aliphatic rings. The Balaban J connectivity index is 1.90. The van der Waals surface area contributed by atoms with Crippen molar-refractivity contribution in [3.05, 3.63) is 5.82 Å². The Morgan fingerprint density at radius 2 is 2.54 bits per heavy atom. The number of nitrogens with zero attached hydrogens (tertiary/aromatic N) is 4. The normalized spacial score (nSPS) is 31.7. The average molecular weight is 197 g/mol. The van der Waals surface area contributed by atoms with E-state index in [1.54, 1.807) is 11.8 Å². The molecule has 1 aromatic rings. The zero-order chi connectivity index (χ0) is 8.84. The van der Waals surface area contributed by atoms with Gasteiger partial charge in [0.2, 0.25) is 5.91 Å². The van der Waals surface area contributed by atoms with Crippen molar-refractivity contribution < 1.29 is 4.79 Å². The summed E-state index contributed by atoms with van der Waals surface area (Å²) in [5.74, 6) is 1.52. The van der Waals surface area contributed by atoms with Crippen LogP contribution < -0.4 is 0 Å². The molecule has 1 aromatic heterocycles. The molecular formula is C6H7N5OS. The minimum absolute atomic E-state index is 0.136. The van der Waals surface area contributed by atoms with Crippen LogP contribution in [0, 0.1) is 0 Å². The molecule has 2 fully saturated rings. The molecule has 0 aliphatic carbocycles. The molecule has 13 heavy (non-hydrogen) atoms. The molecule has 0 bridgehead atoms. The molecule has 3 heterocycles. The fraction of sp³-hybridized carbons (Fsp3) is 0.667. The zero-order valence-electron chi connectivity index (χ0n) is 6.67. The standard InChI is InChI=1S/C6H7N5OS/c12-5-3(4-7-9-10-8-4)6-11(5)1-2-13-6/h3,6H,1-2H2,(H,7,8,9,10)/t3?,6-/m0/s1. The van der Waals surface area contributed by atoms with Gasteiger partial charge in [-0.3, -0.25) is 4.79 Å². The number of aromatic nitrogens is 4. The third kappa shape index (κ3) is 0.846. The molecule has 2 atom stereocenters. The van der Waals surface area contributed by atoms with E-state index in [0.29, 0.717) is 5.82 Å². The van der Waals surface area contributed by atoms with Gasteiger partial charge in [0, 0.05) is 12.3 Å². The molecule has 2 aliphatic heterocycles. The van der Waals surface area contributed by atoms with Crippen molar-refractivity contribution in [2.45, 2.75) is 11.3 Å². The number of amides is 1. The number of nitrogens with one attached hydrogen (secondary N) is 1. The summed E-state index contributed by atoms with van der Waals surface area (Å²) in [5.41, 5.74) is 0. The van der Waals surface area contributed by atoms with Crippen molar-refractivity contribution in [1.82, 2.24) is 25.5 Å². The maximum absolute atomic E-state index is 11.5. The lowest BCUT2D eigenvalue weighted by Gasteiger charge is -2.39. The molecule has 0 radical (unpaired) electrons. The van der Waals surface area contributed by atoms with E-state index in [-0.39, 0.29) is 17.2 Å². The van der Waals surface area contributed by atoms with E-state index in [1.807, 2.05) is 4.90 Å². The van der Waals surface area contributed by atoms with E-state index < -0.39 is 0 Å². The molecule has 6 nitrogen and oxygen atoms in total. The lowest BCUT2D eigenvalue weighted by atomic mass is 9.98. The van der Waals surface area contributed by atoms with Crippen LogP contribution in [-0.2, 0) is 4.79 Å². The second kappa shape index (κ2) is 2.44. The molecule has 1 amide bonds. The van der Waals surface area contributed by atoms with Crippen LogP contribution in [0.5, 0.6) is 0 Å². The largest absolute Gasteiger partial charge is 0.328 e. The molecule has 3 rings (SSSR count). The summed E-state index contributed by atoms with van der Waals surface area (Å²) in [4.78, 5) is 13.4. The van der Waals surface area contributed by atoms with E-state index in [4.69, 9.17) is 0 Å². The highest BCUT2D eigenvalue weighted by Gasteiger charge is 2.53. The van der Waals surface area contributed by atoms with Crippen molar-refractivity contribution in [3.8, 4) is 0 Å². The molecule has 7 heteroatoms. The fourth-order valence-corrected chi connectivity index (χ4v) is 3.12. The summed E-state index contributed by atoms with van der Waals surface area (Å²) in [6, 6.07) is 0. The van der Waals surface area contributed by atoms with E-state index in [1.165, 1.54) is 0 Å². The third-order valence-electron chi connectivity index (χ3n) is 2.40. The highest BCUT2D eigenvalue weighted by molar-refractivity contribution is 8.00. The van der Waals surface area contributed by atoms with Crippen LogP contribution in [-0.4, -0.2) is 49.1 Å². The molecule has 2 saturated heterocycles. The van der Waals surface area contributed by atoms with Crippen molar-refractivity contribution >= 4 is 17.7 Å². The number of carbonyl (C=O) groups excluding carboxylic acids is 1. The minimum atomic E-state index is -0.161. The number of aromatic amines is 1. The van der Waals surface area contributed by atoms with E-state index in [0.717, 1.165) is 12.3 Å². The van der Waals surface area contributed by atoms with Gasteiger partial charge in [-0.1, -0.05) is 5.21 Å². The van der Waals surface area contributed by atoms with Gasteiger partial charge in [-0.05, 0) is 0 Å². The van der Waals surface area contributed by atoms with Crippen LogP contribution in [0.25, 0.3) is 0 Å². The number of carbonyl (C=O) groups is 1. The van der Waals surface area contributed by atoms with Gasteiger partial charge in [-0.2, -0.15) is 5.21 Å². The van der Waals surface area contributed by atoms with Crippen molar-refractivity contribution in [2.24, 2.45) is 0 Å². The highest BCUT2D eigenvalue weighted by Crippen LogP contribution is 2.44. The number of hydrogen-bond acceptors (Lipinski definition) is 5. The van der Waals surface area contributed by atoms with Crippen LogP contribution >= 0.6 is 11.8 Å². The summed E-state index contributed by atoms with van der Waals surface area (Å²) in [7, 11) is 0. The summed E-state index contributed by atoms with van der Waals surface area (Å²) in [6.07, 6.45) is 0. The Bertz CT molecular complexity index is 339. The van der Waals surface area contributed by atoms with Gasteiger partial charge < -0.3 is 4.90 Å². The van der Waals surface area contributed by atoms with Gasteiger partial charge in [-0.25, -0.2) is 0 Å². The molecular weight excluding hydrogens is 190 g/mol. The Kier molecular flexibility index (Phi) is 1.37. The van der Waals surface area contributed by atoms with Gasteiger partial charge in [0.15, 0.2) is 5.82 Å². The first-order chi connectivity index (χ1) is 6.38. The van der Waals surface area contributed by atoms with Crippen LogP contribution in [0.2, 0.25) is 0 Å². The first-order valence-electron chi connectivity index (χ1n) is 4.03. The minimum Gasteiger partial charge on any atom is -0.328 e. The molecule has 1 N–H and O–H groups in total. The van der Waals surface area contributed by atoms with E-state index >= 15 is 0 Å². The maximum Gasteiger partial charge on any atom is 0.237 e. The second-order valence-electron chi connectivity index (χ2n) is 3.04. The average Bonchev–Trinajstić information content (AvgIpc) is 2.73. The molecule has 1 unspecified atom stereocenters. The van der Waals surface area contributed by atoms with Crippen LogP contribution in [0.15, 0.2) is 0 Å². The van der Waals surface area contributed by atoms with Crippen molar-refractivity contribution in [1.29, 1.82) is 0 Å². The number of hydrogen-bond donors (Lipinski definition) is 1. The van der Waals surface area contributed by atoms with Crippen molar-refractivity contribution in [3.63, 3.8) is 0 Å². The second-order valence-corrected chi connectivity index (χ2v) is 4.27. The number of rotatable bonds is 1. The lowest BCUT2D eigenvalue weighted by molar-refractivity contribution is -0.143. The Labute approximate surface area is 78.1 Å². The quantitative estimate of drug-likeness (QED) is 0.596. The molecule has 0 spiro atoms. The highest BCUT2D eigenvalue weighted by atomic mass is 32.2. The lowest BCUT2D eigenvalue weighted by Crippen LogP contribution is -2.54. The van der Waals surface area contributed by atoms with Crippen LogP contribution in [0.3, 0.4) is 0 Å². The summed E-state index contributed by atoms with van der Waals surface area (Å²) in [5, 5.41) is 13.8. The molecule has 68 valence electrons. The van der Waals surface area contributed by atoms with Gasteiger partial charge >= 0.3 is 0 Å². The molecule has 0 saturated carbocycles. The van der Waals surface area contributed by atoms with Gasteiger partial charge in [0.05, 0.1) is 5.37 Å². The Morgan fingerprint density at radius 1 is 1.62 bits per heavy atom. The molecule has 0 aromatic carbocycles. The summed E-state index contributed by atoms with van der Waals surface area (Å²) in [6.45, 7) is 0.864. The number of β-lactam (4-membered cyclic amide) rings is 1. The summed E-state index contributed by atoms with van der Waals surface area (Å²) < 4.78 is 0. The predicted octanol–water partition coefficient (Wildman–Crippen LogP) is -0.802. The zero-order valence-corrected chi connectivity index (χ0v) is 7.49. The fourth-order valence-electron chi connectivity index (χ4n) is 1.76. The van der Waals surface area contributed by atoms with Crippen molar-refractivity contribution in [2.75, 3.05) is 12.3 Å². The van der Waals surface area contributed by atoms with Gasteiger partial charge in [-0.15, -0.1) is 22.0 Å². The number of tetrazole rings is 1. The number of H-pyrrole nitrogens is 1. The Morgan fingerprint density at radius 3 is 3.31 bits per heavy atom. The smallest absolute Gasteiger partial charge is 0.237 e. The predicted molar refractivity (Wildman–Crippen MR) is 44.9 cm³/mol. The Hall–Kier alpha value is -1.11. The summed E-state index contributed by atoms with van der Waals surface area (Å²) >= 11 is 1.79. The first-order valence-corrected chi connectivity index (χ1v) is 5.08. The van der Waals surface area contributed by atoms with Crippen LogP contribution in [0.4, 0.5) is 0 Å². The monoisotopic (exact) mass is 197 g/mol. The van der Waals surface area contributed by atoms with Gasteiger partial charge in [0.1, 0.15) is 5.92 Å². The van der Waals surface area contributed by atoms with E-state index in [9.17, 15) is 4.79 Å². The van der Waals surface area contributed by atoms with Gasteiger partial charge in [0.25, 0.3) is 0 Å². The van der Waals surface area contributed by atoms with E-state index in [2.05, 4.69) is 20.6 Å². The maximum atomic E-state index is 11.5. The number of thioether (sulfide) groups is 1. The SMILES string of the molecule is O=C1C(c2nn[nH]n2)[C@@H]2SCCN12.